The van der Waals surface area contributed by atoms with Gasteiger partial charge >= 0.3 is 0 Å². The maximum absolute atomic E-state index is 13.2. The molecule has 0 aliphatic carbocycles. The third kappa shape index (κ3) is 3.40. The van der Waals surface area contributed by atoms with Crippen molar-refractivity contribution in [1.29, 1.82) is 0 Å². The van der Waals surface area contributed by atoms with Crippen molar-refractivity contribution >= 4 is 5.57 Å². The lowest BCUT2D eigenvalue weighted by atomic mass is 9.90. The maximum Gasteiger partial charge on any atom is 0.123 e. The number of hydrogen-bond donors (Lipinski definition) is 1. The highest BCUT2D eigenvalue weighted by molar-refractivity contribution is 5.69. The Morgan fingerprint density at radius 2 is 1.95 bits per heavy atom. The first-order valence-electron chi connectivity index (χ1n) is 7.45. The van der Waals surface area contributed by atoms with Crippen molar-refractivity contribution in [1.82, 2.24) is 5.32 Å². The van der Waals surface area contributed by atoms with E-state index in [2.05, 4.69) is 35.7 Å². The fourth-order valence-corrected chi connectivity index (χ4v) is 3.02. The summed E-state index contributed by atoms with van der Waals surface area (Å²) < 4.78 is 13.2. The highest BCUT2D eigenvalue weighted by Crippen LogP contribution is 2.27. The summed E-state index contributed by atoms with van der Waals surface area (Å²) in [5.74, 6) is -0.161. The van der Waals surface area contributed by atoms with Gasteiger partial charge in [0.15, 0.2) is 0 Å². The average molecular weight is 281 g/mol. The number of aryl methyl sites for hydroxylation is 1. The normalized spacial score (nSPS) is 18.4. The van der Waals surface area contributed by atoms with Crippen molar-refractivity contribution < 1.29 is 4.39 Å². The first-order valence-corrected chi connectivity index (χ1v) is 7.45. The van der Waals surface area contributed by atoms with Crippen molar-refractivity contribution in [2.75, 3.05) is 6.54 Å². The maximum atomic E-state index is 13.2. The molecule has 0 fully saturated rings. The third-order valence-electron chi connectivity index (χ3n) is 4.08. The fourth-order valence-electron chi connectivity index (χ4n) is 3.02. The monoisotopic (exact) mass is 281 g/mol. The Balaban J connectivity index is 1.75. The molecule has 0 saturated carbocycles. The Morgan fingerprint density at radius 1 is 1.14 bits per heavy atom. The van der Waals surface area contributed by atoms with Crippen LogP contribution in [0.4, 0.5) is 4.39 Å². The Bertz CT molecular complexity index is 646. The Hall–Kier alpha value is -1.93. The van der Waals surface area contributed by atoms with Gasteiger partial charge in [-0.3, -0.25) is 0 Å². The van der Waals surface area contributed by atoms with Gasteiger partial charge in [-0.25, -0.2) is 4.39 Å². The first kappa shape index (κ1) is 14.0. The Morgan fingerprint density at radius 3 is 2.71 bits per heavy atom. The molecule has 0 bridgehead atoms. The molecule has 0 radical (unpaired) electrons. The first-order chi connectivity index (χ1) is 10.2. The molecule has 1 nitrogen and oxygen atoms in total. The zero-order chi connectivity index (χ0) is 14.7. The molecule has 1 unspecified atom stereocenters. The van der Waals surface area contributed by atoms with Gasteiger partial charge in [0.25, 0.3) is 0 Å². The van der Waals surface area contributed by atoms with Crippen LogP contribution in [0.1, 0.15) is 23.1 Å². The second-order valence-electron chi connectivity index (χ2n) is 5.69. The molecular formula is C19H20FN. The van der Waals surface area contributed by atoms with E-state index < -0.39 is 0 Å². The molecule has 0 aromatic heterocycles. The van der Waals surface area contributed by atoms with Crippen molar-refractivity contribution in [2.45, 2.75) is 25.8 Å². The molecule has 21 heavy (non-hydrogen) atoms. The minimum atomic E-state index is -0.161. The van der Waals surface area contributed by atoms with Gasteiger partial charge in [-0.1, -0.05) is 42.5 Å². The van der Waals surface area contributed by atoms with Crippen LogP contribution in [-0.4, -0.2) is 12.6 Å². The molecule has 1 aliphatic heterocycles. The molecular weight excluding hydrogens is 261 g/mol. The van der Waals surface area contributed by atoms with E-state index in [1.807, 2.05) is 19.1 Å². The van der Waals surface area contributed by atoms with Gasteiger partial charge in [0.1, 0.15) is 5.82 Å². The quantitative estimate of drug-likeness (QED) is 0.892. The van der Waals surface area contributed by atoms with E-state index in [9.17, 15) is 4.39 Å². The summed E-state index contributed by atoms with van der Waals surface area (Å²) in [5, 5.41) is 3.55. The van der Waals surface area contributed by atoms with Crippen LogP contribution in [0.25, 0.3) is 5.57 Å². The van der Waals surface area contributed by atoms with Gasteiger partial charge in [0.05, 0.1) is 0 Å². The molecule has 108 valence electrons. The standard InChI is InChI=1S/C19H20FN/c1-14-11-17(20)7-8-19(14)16-9-10-21-18(13-16)12-15-5-3-2-4-6-15/h2-9,11,18,21H,10,12-13H2,1H3. The van der Waals surface area contributed by atoms with E-state index in [0.717, 1.165) is 24.9 Å². The minimum absolute atomic E-state index is 0.161. The van der Waals surface area contributed by atoms with Gasteiger partial charge < -0.3 is 5.32 Å². The van der Waals surface area contributed by atoms with Gasteiger partial charge in [0.2, 0.25) is 0 Å². The molecule has 2 aromatic carbocycles. The third-order valence-corrected chi connectivity index (χ3v) is 4.08. The molecule has 2 heteroatoms. The van der Waals surface area contributed by atoms with Crippen molar-refractivity contribution in [3.05, 3.63) is 77.1 Å². The zero-order valence-electron chi connectivity index (χ0n) is 12.3. The smallest absolute Gasteiger partial charge is 0.123 e. The topological polar surface area (TPSA) is 12.0 Å². The Labute approximate surface area is 125 Å². The van der Waals surface area contributed by atoms with Gasteiger partial charge in [-0.15, -0.1) is 0 Å². The number of rotatable bonds is 3. The van der Waals surface area contributed by atoms with Gasteiger partial charge in [0, 0.05) is 12.6 Å². The summed E-state index contributed by atoms with van der Waals surface area (Å²) in [6, 6.07) is 16.1. The molecule has 3 rings (SSSR count). The van der Waals surface area contributed by atoms with Crippen molar-refractivity contribution in [3.63, 3.8) is 0 Å². The van der Waals surface area contributed by atoms with Crippen LogP contribution in [0.5, 0.6) is 0 Å². The number of nitrogens with one attached hydrogen (secondary N) is 1. The molecule has 1 N–H and O–H groups in total. The summed E-state index contributed by atoms with van der Waals surface area (Å²) in [7, 11) is 0. The highest BCUT2D eigenvalue weighted by Gasteiger charge is 2.17. The van der Waals surface area contributed by atoms with Crippen LogP contribution in [-0.2, 0) is 6.42 Å². The van der Waals surface area contributed by atoms with Crippen molar-refractivity contribution in [3.8, 4) is 0 Å². The SMILES string of the molecule is Cc1cc(F)ccc1C1=CCNC(Cc2ccccc2)C1. The van der Waals surface area contributed by atoms with Crippen LogP contribution < -0.4 is 5.32 Å². The largest absolute Gasteiger partial charge is 0.310 e. The molecule has 1 atom stereocenters. The van der Waals surface area contributed by atoms with E-state index in [0.29, 0.717) is 6.04 Å². The molecule has 0 amide bonds. The van der Waals surface area contributed by atoms with E-state index in [1.54, 1.807) is 12.1 Å². The van der Waals surface area contributed by atoms with E-state index in [4.69, 9.17) is 0 Å². The summed E-state index contributed by atoms with van der Waals surface area (Å²) in [4.78, 5) is 0. The summed E-state index contributed by atoms with van der Waals surface area (Å²) in [5.41, 5.74) is 4.87. The van der Waals surface area contributed by atoms with Crippen LogP contribution in [0, 0.1) is 12.7 Å². The van der Waals surface area contributed by atoms with E-state index >= 15 is 0 Å². The van der Waals surface area contributed by atoms with Crippen LogP contribution in [0.3, 0.4) is 0 Å². The number of hydrogen-bond acceptors (Lipinski definition) is 1. The molecule has 0 saturated heterocycles. The van der Waals surface area contributed by atoms with Crippen molar-refractivity contribution in [2.24, 2.45) is 0 Å². The summed E-state index contributed by atoms with van der Waals surface area (Å²) in [6.45, 7) is 2.86. The lowest BCUT2D eigenvalue weighted by Gasteiger charge is -2.25. The van der Waals surface area contributed by atoms with Crippen LogP contribution in [0.15, 0.2) is 54.6 Å². The van der Waals surface area contributed by atoms with Gasteiger partial charge in [-0.2, -0.15) is 0 Å². The predicted octanol–water partition coefficient (Wildman–Crippen LogP) is 4.12. The highest BCUT2D eigenvalue weighted by atomic mass is 19.1. The molecule has 2 aromatic rings. The Kier molecular flexibility index (Phi) is 4.16. The van der Waals surface area contributed by atoms with Gasteiger partial charge in [-0.05, 0) is 54.2 Å². The van der Waals surface area contributed by atoms with E-state index in [-0.39, 0.29) is 5.82 Å². The summed E-state index contributed by atoms with van der Waals surface area (Å²) in [6.07, 6.45) is 4.24. The number of halogens is 1. The second-order valence-corrected chi connectivity index (χ2v) is 5.69. The molecule has 1 aliphatic rings. The lowest BCUT2D eigenvalue weighted by Crippen LogP contribution is -2.34. The molecule has 0 spiro atoms. The van der Waals surface area contributed by atoms with Crippen LogP contribution >= 0.6 is 0 Å². The molecule has 1 heterocycles. The predicted molar refractivity (Wildman–Crippen MR) is 85.7 cm³/mol. The summed E-state index contributed by atoms with van der Waals surface area (Å²) >= 11 is 0. The lowest BCUT2D eigenvalue weighted by molar-refractivity contribution is 0.533. The van der Waals surface area contributed by atoms with E-state index in [1.165, 1.54) is 16.7 Å². The zero-order valence-corrected chi connectivity index (χ0v) is 12.3. The average Bonchev–Trinajstić information content (AvgIpc) is 2.48. The fraction of sp³-hybridized carbons (Fsp3) is 0.263. The second kappa shape index (κ2) is 6.23. The van der Waals surface area contributed by atoms with Crippen LogP contribution in [0.2, 0.25) is 0 Å². The minimum Gasteiger partial charge on any atom is -0.310 e. The number of benzene rings is 2.